The maximum atomic E-state index is 14.4. The van der Waals surface area contributed by atoms with Crippen LogP contribution in [-0.2, 0) is 26.2 Å². The lowest BCUT2D eigenvalue weighted by molar-refractivity contribution is -0.139. The van der Waals surface area contributed by atoms with Gasteiger partial charge in [-0.2, -0.15) is 0 Å². The number of ether oxygens (including phenoxy) is 2. The molecular formula is C34H41Cl2N3O6S. The number of nitrogens with zero attached hydrogens (tertiary/aromatic N) is 2. The zero-order valence-electron chi connectivity index (χ0n) is 26.8. The Bertz CT molecular complexity index is 1640. The molecule has 0 unspecified atom stereocenters. The average molecular weight is 691 g/mol. The molecular weight excluding hydrogens is 649 g/mol. The number of benzene rings is 3. The molecule has 9 nitrogen and oxygen atoms in total. The molecule has 12 heteroatoms. The number of rotatable bonds is 12. The van der Waals surface area contributed by atoms with Gasteiger partial charge in [0, 0.05) is 34.3 Å². The third-order valence-electron chi connectivity index (χ3n) is 8.23. The van der Waals surface area contributed by atoms with Crippen LogP contribution in [0.4, 0.5) is 5.69 Å². The van der Waals surface area contributed by atoms with Crippen molar-refractivity contribution in [1.82, 2.24) is 10.2 Å². The Labute approximate surface area is 281 Å². The Balaban J connectivity index is 1.77. The highest BCUT2D eigenvalue weighted by atomic mass is 35.5. The Morgan fingerprint density at radius 2 is 1.52 bits per heavy atom. The number of carbonyl (C=O) groups excluding carboxylic acids is 2. The van der Waals surface area contributed by atoms with Crippen LogP contribution in [0.3, 0.4) is 0 Å². The molecule has 1 N–H and O–H groups in total. The molecule has 0 aliphatic heterocycles. The lowest BCUT2D eigenvalue weighted by Gasteiger charge is -2.33. The van der Waals surface area contributed by atoms with E-state index >= 15 is 0 Å². The van der Waals surface area contributed by atoms with E-state index in [1.165, 1.54) is 37.3 Å². The van der Waals surface area contributed by atoms with Gasteiger partial charge in [0.15, 0.2) is 11.5 Å². The van der Waals surface area contributed by atoms with Crippen molar-refractivity contribution in [1.29, 1.82) is 0 Å². The first kappa shape index (κ1) is 35.4. The number of sulfonamides is 1. The molecule has 4 rings (SSSR count). The molecule has 1 fully saturated rings. The van der Waals surface area contributed by atoms with Crippen molar-refractivity contribution in [2.45, 2.75) is 76.4 Å². The fourth-order valence-corrected chi connectivity index (χ4v) is 7.66. The summed E-state index contributed by atoms with van der Waals surface area (Å²) in [4.78, 5) is 29.2. The third kappa shape index (κ3) is 8.27. The molecule has 1 atom stereocenters. The summed E-state index contributed by atoms with van der Waals surface area (Å²) < 4.78 is 40.4. The van der Waals surface area contributed by atoms with Crippen molar-refractivity contribution in [3.63, 3.8) is 0 Å². The SMILES string of the molecule is COc1ccc(S(=O)(=O)N(CC(=O)N(Cc2c(Cl)cccc2Cl)[C@@H](C)C(=O)NC2CCCCC2)c2cc(C)cc(C)c2)cc1OC. The Morgan fingerprint density at radius 1 is 0.913 bits per heavy atom. The summed E-state index contributed by atoms with van der Waals surface area (Å²) in [5.74, 6) is -0.357. The van der Waals surface area contributed by atoms with E-state index in [0.717, 1.165) is 47.5 Å². The molecule has 0 heterocycles. The van der Waals surface area contributed by atoms with Crippen LogP contribution >= 0.6 is 23.2 Å². The molecule has 2 amide bonds. The van der Waals surface area contributed by atoms with Gasteiger partial charge in [0.05, 0.1) is 24.8 Å². The molecule has 248 valence electrons. The molecule has 1 aliphatic rings. The summed E-state index contributed by atoms with van der Waals surface area (Å²) in [6.45, 7) is 4.63. The zero-order chi connectivity index (χ0) is 33.6. The first-order valence-electron chi connectivity index (χ1n) is 15.2. The quantitative estimate of drug-likeness (QED) is 0.227. The highest BCUT2D eigenvalue weighted by Gasteiger charge is 2.34. The van der Waals surface area contributed by atoms with Crippen molar-refractivity contribution in [3.8, 4) is 11.5 Å². The molecule has 0 radical (unpaired) electrons. The summed E-state index contributed by atoms with van der Waals surface area (Å²) in [6.07, 6.45) is 4.91. The minimum Gasteiger partial charge on any atom is -0.493 e. The van der Waals surface area contributed by atoms with Crippen LogP contribution in [0, 0.1) is 13.8 Å². The van der Waals surface area contributed by atoms with Gasteiger partial charge in [-0.1, -0.05) is 54.6 Å². The first-order chi connectivity index (χ1) is 21.8. The number of halogens is 2. The smallest absolute Gasteiger partial charge is 0.264 e. The molecule has 3 aromatic carbocycles. The Morgan fingerprint density at radius 3 is 2.11 bits per heavy atom. The molecule has 0 bridgehead atoms. The number of anilines is 1. The molecule has 0 aromatic heterocycles. The summed E-state index contributed by atoms with van der Waals surface area (Å²) in [6, 6.07) is 13.6. The van der Waals surface area contributed by atoms with Gasteiger partial charge < -0.3 is 19.7 Å². The van der Waals surface area contributed by atoms with Gasteiger partial charge in [0.1, 0.15) is 12.6 Å². The normalized spacial score (nSPS) is 14.3. The summed E-state index contributed by atoms with van der Waals surface area (Å²) in [7, 11) is -1.46. The van der Waals surface area contributed by atoms with Crippen molar-refractivity contribution < 1.29 is 27.5 Å². The second-order valence-corrected chi connectivity index (χ2v) is 14.3. The molecule has 0 saturated heterocycles. The summed E-state index contributed by atoms with van der Waals surface area (Å²) in [5.41, 5.74) is 2.39. The highest BCUT2D eigenvalue weighted by Crippen LogP contribution is 2.33. The number of methoxy groups -OCH3 is 2. The molecule has 0 spiro atoms. The van der Waals surface area contributed by atoms with Crippen LogP contribution in [0.1, 0.15) is 55.7 Å². The van der Waals surface area contributed by atoms with Crippen molar-refractivity contribution in [2.24, 2.45) is 0 Å². The molecule has 3 aromatic rings. The van der Waals surface area contributed by atoms with E-state index < -0.39 is 28.5 Å². The van der Waals surface area contributed by atoms with Crippen LogP contribution in [0.5, 0.6) is 11.5 Å². The third-order valence-corrected chi connectivity index (χ3v) is 10.7. The predicted octanol–water partition coefficient (Wildman–Crippen LogP) is 6.69. The van der Waals surface area contributed by atoms with Gasteiger partial charge in [-0.05, 0) is 81.1 Å². The fourth-order valence-electron chi connectivity index (χ4n) is 5.73. The number of amides is 2. The lowest BCUT2D eigenvalue weighted by atomic mass is 9.95. The molecule has 1 saturated carbocycles. The first-order valence-corrected chi connectivity index (χ1v) is 17.4. The average Bonchev–Trinajstić information content (AvgIpc) is 3.02. The van der Waals surface area contributed by atoms with Crippen LogP contribution in [0.2, 0.25) is 10.0 Å². The Hall–Kier alpha value is -3.47. The summed E-state index contributed by atoms with van der Waals surface area (Å²) >= 11 is 13.0. The summed E-state index contributed by atoms with van der Waals surface area (Å²) in [5, 5.41) is 3.75. The van der Waals surface area contributed by atoms with Crippen molar-refractivity contribution in [3.05, 3.63) is 81.3 Å². The number of carbonyl (C=O) groups is 2. The standard InChI is InChI=1S/C34H41Cl2N3O6S/c1-22-16-23(2)18-26(17-22)39(46(42,43)27-14-15-31(44-4)32(19-27)45-5)21-33(40)38(20-28-29(35)12-9-13-30(28)36)24(3)34(41)37-25-10-7-6-8-11-25/h9,12-19,24-25H,6-8,10-11,20-21H2,1-5H3,(H,37,41)/t24-/m0/s1. The predicted molar refractivity (Wildman–Crippen MR) is 181 cm³/mol. The highest BCUT2D eigenvalue weighted by molar-refractivity contribution is 7.92. The second kappa shape index (κ2) is 15.4. The number of aryl methyl sites for hydroxylation is 2. The van der Waals surface area contributed by atoms with E-state index in [1.54, 1.807) is 37.3 Å². The zero-order valence-corrected chi connectivity index (χ0v) is 29.1. The van der Waals surface area contributed by atoms with Crippen LogP contribution < -0.4 is 19.1 Å². The largest absolute Gasteiger partial charge is 0.493 e. The van der Waals surface area contributed by atoms with Crippen molar-refractivity contribution in [2.75, 3.05) is 25.1 Å². The van der Waals surface area contributed by atoms with E-state index in [0.29, 0.717) is 27.0 Å². The molecule has 46 heavy (non-hydrogen) atoms. The van der Waals surface area contributed by atoms with E-state index in [1.807, 2.05) is 19.9 Å². The second-order valence-electron chi connectivity index (χ2n) is 11.6. The van der Waals surface area contributed by atoms with Crippen molar-refractivity contribution >= 4 is 50.7 Å². The van der Waals surface area contributed by atoms with Gasteiger partial charge in [-0.25, -0.2) is 8.42 Å². The number of nitrogens with one attached hydrogen (secondary N) is 1. The fraction of sp³-hybridized carbons (Fsp3) is 0.412. The van der Waals surface area contributed by atoms with Gasteiger partial charge in [0.2, 0.25) is 11.8 Å². The number of hydrogen-bond acceptors (Lipinski definition) is 6. The van der Waals surface area contributed by atoms with Crippen LogP contribution in [0.25, 0.3) is 0 Å². The van der Waals surface area contributed by atoms with E-state index in [4.69, 9.17) is 32.7 Å². The molecule has 1 aliphatic carbocycles. The monoisotopic (exact) mass is 689 g/mol. The van der Waals surface area contributed by atoms with Crippen LogP contribution in [0.15, 0.2) is 59.5 Å². The van der Waals surface area contributed by atoms with Crippen LogP contribution in [-0.4, -0.2) is 58.0 Å². The van der Waals surface area contributed by atoms with Gasteiger partial charge >= 0.3 is 0 Å². The maximum Gasteiger partial charge on any atom is 0.264 e. The lowest BCUT2D eigenvalue weighted by Crippen LogP contribution is -2.53. The Kier molecular flexibility index (Phi) is 11.9. The van der Waals surface area contributed by atoms with E-state index in [2.05, 4.69) is 5.32 Å². The minimum absolute atomic E-state index is 0.0155. The topological polar surface area (TPSA) is 105 Å². The minimum atomic E-state index is -4.33. The maximum absolute atomic E-state index is 14.4. The van der Waals surface area contributed by atoms with E-state index in [-0.39, 0.29) is 29.1 Å². The number of hydrogen-bond donors (Lipinski definition) is 1. The van der Waals surface area contributed by atoms with Gasteiger partial charge in [-0.3, -0.25) is 13.9 Å². The van der Waals surface area contributed by atoms with Gasteiger partial charge in [-0.15, -0.1) is 0 Å². The van der Waals surface area contributed by atoms with E-state index in [9.17, 15) is 18.0 Å². The van der Waals surface area contributed by atoms with Gasteiger partial charge in [0.25, 0.3) is 10.0 Å².